The van der Waals surface area contributed by atoms with E-state index in [1.165, 1.54) is 6.07 Å². The summed E-state index contributed by atoms with van der Waals surface area (Å²) in [6.07, 6.45) is 3.89. The van der Waals surface area contributed by atoms with E-state index in [2.05, 4.69) is 4.98 Å². The molecule has 0 atom stereocenters. The zero-order valence-corrected chi connectivity index (χ0v) is 11.2. The van der Waals surface area contributed by atoms with E-state index >= 15 is 0 Å². The SMILES string of the molecule is O=[N+]([O-])c1cccc2nc(/C=C/c3cccs3)ccc12. The second-order valence-electron chi connectivity index (χ2n) is 4.19. The van der Waals surface area contributed by atoms with E-state index in [-0.39, 0.29) is 10.6 Å². The summed E-state index contributed by atoms with van der Waals surface area (Å²) in [6, 6.07) is 12.5. The number of fused-ring (bicyclic) bond motifs is 1. The third-order valence-corrected chi connectivity index (χ3v) is 3.73. The molecule has 0 fully saturated rings. The Morgan fingerprint density at radius 2 is 2.00 bits per heavy atom. The Morgan fingerprint density at radius 3 is 2.75 bits per heavy atom. The molecule has 0 spiro atoms. The smallest absolute Gasteiger partial charge is 0.258 e. The van der Waals surface area contributed by atoms with Crippen LogP contribution in [0.2, 0.25) is 0 Å². The summed E-state index contributed by atoms with van der Waals surface area (Å²) in [4.78, 5) is 16.1. The van der Waals surface area contributed by atoms with E-state index in [4.69, 9.17) is 0 Å². The molecule has 5 heteroatoms. The molecule has 0 aliphatic heterocycles. The van der Waals surface area contributed by atoms with Crippen molar-refractivity contribution in [2.24, 2.45) is 0 Å². The molecule has 0 saturated carbocycles. The monoisotopic (exact) mass is 282 g/mol. The van der Waals surface area contributed by atoms with Gasteiger partial charge in [-0.05, 0) is 41.8 Å². The lowest BCUT2D eigenvalue weighted by molar-refractivity contribution is -0.383. The van der Waals surface area contributed by atoms with Crippen molar-refractivity contribution in [1.29, 1.82) is 0 Å². The average Bonchev–Trinajstić information content (AvgIpc) is 2.97. The highest BCUT2D eigenvalue weighted by atomic mass is 32.1. The molecule has 98 valence electrons. The van der Waals surface area contributed by atoms with Crippen molar-refractivity contribution >= 4 is 40.1 Å². The number of benzene rings is 1. The summed E-state index contributed by atoms with van der Waals surface area (Å²) in [5.74, 6) is 0. The lowest BCUT2D eigenvalue weighted by Gasteiger charge is -2.00. The van der Waals surface area contributed by atoms with Gasteiger partial charge in [-0.15, -0.1) is 11.3 Å². The summed E-state index contributed by atoms with van der Waals surface area (Å²) in [6.45, 7) is 0. The molecule has 20 heavy (non-hydrogen) atoms. The van der Waals surface area contributed by atoms with E-state index in [0.29, 0.717) is 10.9 Å². The zero-order chi connectivity index (χ0) is 13.9. The Bertz CT molecular complexity index is 795. The highest BCUT2D eigenvalue weighted by molar-refractivity contribution is 7.10. The Kier molecular flexibility index (Phi) is 3.26. The highest BCUT2D eigenvalue weighted by Crippen LogP contribution is 2.24. The van der Waals surface area contributed by atoms with E-state index in [1.54, 1.807) is 35.6 Å². The fourth-order valence-corrected chi connectivity index (χ4v) is 2.58. The van der Waals surface area contributed by atoms with E-state index in [1.807, 2.05) is 29.7 Å². The third kappa shape index (κ3) is 2.44. The largest absolute Gasteiger partial charge is 0.278 e. The predicted molar refractivity (Wildman–Crippen MR) is 81.6 cm³/mol. The molecule has 2 aromatic heterocycles. The van der Waals surface area contributed by atoms with Crippen LogP contribution in [0.15, 0.2) is 47.8 Å². The molecule has 0 bridgehead atoms. The van der Waals surface area contributed by atoms with E-state index < -0.39 is 0 Å². The van der Waals surface area contributed by atoms with Crippen molar-refractivity contribution in [1.82, 2.24) is 4.98 Å². The second kappa shape index (κ2) is 5.22. The van der Waals surface area contributed by atoms with Gasteiger partial charge in [-0.25, -0.2) is 4.98 Å². The fraction of sp³-hybridized carbons (Fsp3) is 0. The van der Waals surface area contributed by atoms with Crippen LogP contribution in [0.3, 0.4) is 0 Å². The summed E-state index contributed by atoms with van der Waals surface area (Å²) in [5.41, 5.74) is 1.50. The standard InChI is InChI=1S/C15H10N2O2S/c18-17(19)15-5-1-4-14-13(15)9-7-11(16-14)6-8-12-3-2-10-20-12/h1-10H/b8-6+. The van der Waals surface area contributed by atoms with Gasteiger partial charge >= 0.3 is 0 Å². The Morgan fingerprint density at radius 1 is 1.10 bits per heavy atom. The molecule has 0 aliphatic rings. The van der Waals surface area contributed by atoms with Crippen molar-refractivity contribution in [3.8, 4) is 0 Å². The normalized spacial score (nSPS) is 11.2. The minimum Gasteiger partial charge on any atom is -0.258 e. The van der Waals surface area contributed by atoms with Crippen LogP contribution in [0.4, 0.5) is 5.69 Å². The van der Waals surface area contributed by atoms with Crippen molar-refractivity contribution in [2.45, 2.75) is 0 Å². The number of thiophene rings is 1. The molecule has 0 aliphatic carbocycles. The molecule has 2 heterocycles. The van der Waals surface area contributed by atoms with Gasteiger partial charge in [-0.3, -0.25) is 10.1 Å². The Hall–Kier alpha value is -2.53. The van der Waals surface area contributed by atoms with Gasteiger partial charge in [-0.1, -0.05) is 12.1 Å². The first kappa shape index (κ1) is 12.5. The summed E-state index contributed by atoms with van der Waals surface area (Å²) in [7, 11) is 0. The van der Waals surface area contributed by atoms with Crippen LogP contribution in [0, 0.1) is 10.1 Å². The third-order valence-electron chi connectivity index (χ3n) is 2.89. The number of aromatic nitrogens is 1. The molecular weight excluding hydrogens is 272 g/mol. The second-order valence-corrected chi connectivity index (χ2v) is 5.17. The van der Waals surface area contributed by atoms with Gasteiger partial charge in [0.25, 0.3) is 5.69 Å². The molecule has 4 nitrogen and oxygen atoms in total. The summed E-state index contributed by atoms with van der Waals surface area (Å²) < 4.78 is 0. The van der Waals surface area contributed by atoms with Gasteiger partial charge in [0.2, 0.25) is 0 Å². The van der Waals surface area contributed by atoms with Crippen LogP contribution in [-0.2, 0) is 0 Å². The molecule has 3 rings (SSSR count). The van der Waals surface area contributed by atoms with Crippen molar-refractivity contribution in [3.05, 3.63) is 68.5 Å². The van der Waals surface area contributed by atoms with Crippen LogP contribution in [0.5, 0.6) is 0 Å². The van der Waals surface area contributed by atoms with Crippen LogP contribution < -0.4 is 0 Å². The first-order valence-electron chi connectivity index (χ1n) is 6.00. The van der Waals surface area contributed by atoms with Gasteiger partial charge in [0.05, 0.1) is 21.5 Å². The topological polar surface area (TPSA) is 56.0 Å². The van der Waals surface area contributed by atoms with Crippen LogP contribution >= 0.6 is 11.3 Å². The highest BCUT2D eigenvalue weighted by Gasteiger charge is 2.11. The van der Waals surface area contributed by atoms with Gasteiger partial charge in [-0.2, -0.15) is 0 Å². The summed E-state index contributed by atoms with van der Waals surface area (Å²) >= 11 is 1.65. The molecule has 0 saturated heterocycles. The van der Waals surface area contributed by atoms with Crippen molar-refractivity contribution < 1.29 is 4.92 Å². The molecule has 1 aromatic carbocycles. The van der Waals surface area contributed by atoms with E-state index in [9.17, 15) is 10.1 Å². The minimum absolute atomic E-state index is 0.0868. The molecular formula is C15H10N2O2S. The maximum atomic E-state index is 10.9. The predicted octanol–water partition coefficient (Wildman–Crippen LogP) is 4.37. The fourth-order valence-electron chi connectivity index (χ4n) is 1.96. The lowest BCUT2D eigenvalue weighted by Crippen LogP contribution is -1.91. The maximum absolute atomic E-state index is 10.9. The maximum Gasteiger partial charge on any atom is 0.278 e. The first-order valence-corrected chi connectivity index (χ1v) is 6.88. The number of non-ortho nitro benzene ring substituents is 1. The molecule has 0 unspecified atom stereocenters. The molecule has 0 amide bonds. The molecule has 0 radical (unpaired) electrons. The number of pyridine rings is 1. The molecule has 3 aromatic rings. The van der Waals surface area contributed by atoms with Crippen molar-refractivity contribution in [2.75, 3.05) is 0 Å². The Balaban J connectivity index is 2.01. The summed E-state index contributed by atoms with van der Waals surface area (Å²) in [5, 5.41) is 13.5. The van der Waals surface area contributed by atoms with Gasteiger partial charge in [0.15, 0.2) is 0 Å². The minimum atomic E-state index is -0.384. The average molecular weight is 282 g/mol. The zero-order valence-electron chi connectivity index (χ0n) is 10.4. The number of hydrogen-bond donors (Lipinski definition) is 0. The number of nitro benzene ring substituents is 1. The van der Waals surface area contributed by atoms with Gasteiger partial charge in [0, 0.05) is 10.9 Å². The number of hydrogen-bond acceptors (Lipinski definition) is 4. The van der Waals surface area contributed by atoms with Crippen LogP contribution in [0.25, 0.3) is 23.1 Å². The number of nitrogens with zero attached hydrogens (tertiary/aromatic N) is 2. The number of nitro groups is 1. The van der Waals surface area contributed by atoms with Crippen LogP contribution in [-0.4, -0.2) is 9.91 Å². The molecule has 0 N–H and O–H groups in total. The lowest BCUT2D eigenvalue weighted by atomic mass is 10.1. The van der Waals surface area contributed by atoms with Crippen LogP contribution in [0.1, 0.15) is 10.6 Å². The number of rotatable bonds is 3. The quantitative estimate of drug-likeness (QED) is 0.529. The van der Waals surface area contributed by atoms with Crippen molar-refractivity contribution in [3.63, 3.8) is 0 Å². The van der Waals surface area contributed by atoms with Gasteiger partial charge < -0.3 is 0 Å². The first-order chi connectivity index (χ1) is 9.74. The van der Waals surface area contributed by atoms with E-state index in [0.717, 1.165) is 10.6 Å². The van der Waals surface area contributed by atoms with Gasteiger partial charge in [0.1, 0.15) is 0 Å². The Labute approximate surface area is 119 Å².